The summed E-state index contributed by atoms with van der Waals surface area (Å²) in [5, 5.41) is 0. The van der Waals surface area contributed by atoms with E-state index < -0.39 is 0 Å². The van der Waals surface area contributed by atoms with Crippen LogP contribution < -0.4 is 0 Å². The largest absolute Gasteiger partial charge is 0.292 e. The van der Waals surface area contributed by atoms with Crippen LogP contribution in [0.3, 0.4) is 0 Å². The first-order chi connectivity index (χ1) is 22.3. The fourth-order valence-corrected chi connectivity index (χ4v) is 5.65. The number of nitrogens with zero attached hydrogens (tertiary/aromatic N) is 5. The molecule has 0 fully saturated rings. The van der Waals surface area contributed by atoms with Gasteiger partial charge in [-0.3, -0.25) is 4.57 Å². The van der Waals surface area contributed by atoms with Crippen molar-refractivity contribution in [1.82, 2.24) is 24.5 Å². The zero-order valence-corrected chi connectivity index (χ0v) is 24.3. The van der Waals surface area contributed by atoms with Crippen LogP contribution >= 0.6 is 0 Å². The Morgan fingerprint density at radius 2 is 0.800 bits per heavy atom. The smallest absolute Gasteiger partial charge is 0.164 e. The van der Waals surface area contributed by atoms with Crippen molar-refractivity contribution in [1.29, 1.82) is 0 Å². The lowest BCUT2D eigenvalue weighted by Gasteiger charge is -2.13. The molecule has 8 rings (SSSR count). The normalized spacial score (nSPS) is 11.1. The van der Waals surface area contributed by atoms with E-state index in [2.05, 4.69) is 95.6 Å². The minimum atomic E-state index is 0.614. The van der Waals surface area contributed by atoms with Crippen LogP contribution in [0.25, 0.3) is 73.4 Å². The van der Waals surface area contributed by atoms with Gasteiger partial charge in [0.2, 0.25) is 0 Å². The van der Waals surface area contributed by atoms with Gasteiger partial charge in [0.15, 0.2) is 17.5 Å². The van der Waals surface area contributed by atoms with E-state index in [9.17, 15) is 0 Å². The number of para-hydroxylation sites is 2. The van der Waals surface area contributed by atoms with Crippen LogP contribution in [0, 0.1) is 0 Å². The van der Waals surface area contributed by atoms with E-state index in [0.29, 0.717) is 17.5 Å². The summed E-state index contributed by atoms with van der Waals surface area (Å²) in [6, 6.07) is 55.7. The number of hydrogen-bond acceptors (Lipinski definition) is 4. The summed E-state index contributed by atoms with van der Waals surface area (Å²) >= 11 is 0. The van der Waals surface area contributed by atoms with Crippen molar-refractivity contribution >= 4 is 11.0 Å². The number of hydrogen-bond donors (Lipinski definition) is 0. The molecule has 5 heteroatoms. The molecule has 0 unspecified atom stereocenters. The van der Waals surface area contributed by atoms with Gasteiger partial charge >= 0.3 is 0 Å². The van der Waals surface area contributed by atoms with E-state index in [1.54, 1.807) is 0 Å². The van der Waals surface area contributed by atoms with Crippen molar-refractivity contribution in [3.05, 3.63) is 164 Å². The molecule has 0 atom stereocenters. The number of imidazole rings is 1. The molecule has 2 aromatic heterocycles. The average molecular weight is 578 g/mol. The Hall–Kier alpha value is -6.20. The monoisotopic (exact) mass is 577 g/mol. The standard InChI is InChI=1S/C40H27N5/c1-4-13-28(14-5-1)29-23-25-32(26-24-29)40-41-35-21-10-11-22-36(35)45(40)34-20-12-19-33(27-34)39-43-37(30-15-6-2-7-16-30)42-38(44-39)31-17-8-3-9-18-31/h1-27H. The SMILES string of the molecule is c1ccc(-c2ccc(-c3nc4ccccc4n3-c3cccc(-c4nc(-c5ccccc5)nc(-c5ccccc5)n4)c3)cc2)cc1. The third-order valence-corrected chi connectivity index (χ3v) is 7.87. The molecule has 0 saturated carbocycles. The minimum absolute atomic E-state index is 0.614. The molecule has 0 amide bonds. The molecule has 0 spiro atoms. The lowest BCUT2D eigenvalue weighted by molar-refractivity contribution is 1.07. The van der Waals surface area contributed by atoms with E-state index in [0.717, 1.165) is 44.8 Å². The molecule has 0 aliphatic heterocycles. The molecule has 0 radical (unpaired) electrons. The quantitative estimate of drug-likeness (QED) is 0.197. The summed E-state index contributed by atoms with van der Waals surface area (Å²) in [7, 11) is 0. The Morgan fingerprint density at radius 1 is 0.333 bits per heavy atom. The van der Waals surface area contributed by atoms with E-state index in [1.807, 2.05) is 72.8 Å². The molecule has 2 heterocycles. The molecule has 0 saturated heterocycles. The van der Waals surface area contributed by atoms with E-state index >= 15 is 0 Å². The summed E-state index contributed by atoms with van der Waals surface area (Å²) < 4.78 is 2.22. The van der Waals surface area contributed by atoms with Crippen LogP contribution in [0.1, 0.15) is 0 Å². The van der Waals surface area contributed by atoms with E-state index in [4.69, 9.17) is 19.9 Å². The van der Waals surface area contributed by atoms with Gasteiger partial charge in [0.25, 0.3) is 0 Å². The highest BCUT2D eigenvalue weighted by molar-refractivity contribution is 5.84. The first-order valence-electron chi connectivity index (χ1n) is 14.9. The van der Waals surface area contributed by atoms with E-state index in [-0.39, 0.29) is 0 Å². The summed E-state index contributed by atoms with van der Waals surface area (Å²) in [4.78, 5) is 19.9. The van der Waals surface area contributed by atoms with Crippen LogP contribution in [0.2, 0.25) is 0 Å². The lowest BCUT2D eigenvalue weighted by atomic mass is 10.0. The van der Waals surface area contributed by atoms with Crippen LogP contribution in [-0.2, 0) is 0 Å². The molecule has 0 bridgehead atoms. The fraction of sp³-hybridized carbons (Fsp3) is 0. The molecule has 0 aliphatic rings. The summed E-state index contributed by atoms with van der Waals surface area (Å²) in [5.41, 5.74) is 9.11. The Kier molecular flexibility index (Phi) is 6.74. The van der Waals surface area contributed by atoms with Crippen LogP contribution in [0.4, 0.5) is 0 Å². The molecule has 8 aromatic rings. The number of rotatable bonds is 6. The first kappa shape index (κ1) is 26.4. The van der Waals surface area contributed by atoms with Crippen LogP contribution in [-0.4, -0.2) is 24.5 Å². The molecule has 5 nitrogen and oxygen atoms in total. The van der Waals surface area contributed by atoms with Crippen molar-refractivity contribution in [3.63, 3.8) is 0 Å². The van der Waals surface area contributed by atoms with Crippen molar-refractivity contribution < 1.29 is 0 Å². The number of benzene rings is 6. The van der Waals surface area contributed by atoms with Gasteiger partial charge in [-0.25, -0.2) is 19.9 Å². The van der Waals surface area contributed by atoms with Gasteiger partial charge in [-0.05, 0) is 35.4 Å². The van der Waals surface area contributed by atoms with Gasteiger partial charge in [0.05, 0.1) is 11.0 Å². The topological polar surface area (TPSA) is 56.5 Å². The Bertz CT molecular complexity index is 2180. The van der Waals surface area contributed by atoms with Crippen molar-refractivity contribution in [3.8, 4) is 62.4 Å². The Labute approximate surface area is 261 Å². The van der Waals surface area contributed by atoms with Crippen molar-refractivity contribution in [2.75, 3.05) is 0 Å². The third-order valence-electron chi connectivity index (χ3n) is 7.87. The van der Waals surface area contributed by atoms with Crippen LogP contribution in [0.5, 0.6) is 0 Å². The third kappa shape index (κ3) is 5.17. The highest BCUT2D eigenvalue weighted by Crippen LogP contribution is 2.32. The van der Waals surface area contributed by atoms with Crippen LogP contribution in [0.15, 0.2) is 164 Å². The second-order valence-corrected chi connectivity index (χ2v) is 10.8. The van der Waals surface area contributed by atoms with Gasteiger partial charge in [0.1, 0.15) is 5.82 Å². The highest BCUT2D eigenvalue weighted by atomic mass is 15.1. The van der Waals surface area contributed by atoms with Gasteiger partial charge < -0.3 is 0 Å². The summed E-state index contributed by atoms with van der Waals surface area (Å²) in [6.45, 7) is 0. The lowest BCUT2D eigenvalue weighted by Crippen LogP contribution is -2.01. The first-order valence-corrected chi connectivity index (χ1v) is 14.9. The zero-order valence-electron chi connectivity index (χ0n) is 24.3. The Balaban J connectivity index is 1.26. The van der Waals surface area contributed by atoms with Gasteiger partial charge in [0, 0.05) is 27.9 Å². The molecule has 45 heavy (non-hydrogen) atoms. The predicted octanol–water partition coefficient (Wildman–Crippen LogP) is 9.55. The maximum Gasteiger partial charge on any atom is 0.164 e. The average Bonchev–Trinajstić information content (AvgIpc) is 3.52. The maximum absolute atomic E-state index is 5.09. The fourth-order valence-electron chi connectivity index (χ4n) is 5.65. The number of aromatic nitrogens is 5. The molecule has 212 valence electrons. The number of fused-ring (bicyclic) bond motifs is 1. The van der Waals surface area contributed by atoms with Gasteiger partial charge in [-0.1, -0.05) is 140 Å². The van der Waals surface area contributed by atoms with E-state index in [1.165, 1.54) is 11.1 Å². The second kappa shape index (κ2) is 11.5. The highest BCUT2D eigenvalue weighted by Gasteiger charge is 2.17. The maximum atomic E-state index is 5.09. The van der Waals surface area contributed by atoms with Crippen molar-refractivity contribution in [2.24, 2.45) is 0 Å². The molecular weight excluding hydrogens is 550 g/mol. The summed E-state index contributed by atoms with van der Waals surface area (Å²) in [5.74, 6) is 2.76. The molecule has 6 aromatic carbocycles. The summed E-state index contributed by atoms with van der Waals surface area (Å²) in [6.07, 6.45) is 0. The van der Waals surface area contributed by atoms with Crippen molar-refractivity contribution in [2.45, 2.75) is 0 Å². The van der Waals surface area contributed by atoms with Gasteiger partial charge in [-0.15, -0.1) is 0 Å². The van der Waals surface area contributed by atoms with Gasteiger partial charge in [-0.2, -0.15) is 0 Å². The minimum Gasteiger partial charge on any atom is -0.292 e. The second-order valence-electron chi connectivity index (χ2n) is 10.8. The predicted molar refractivity (Wildman–Crippen MR) is 182 cm³/mol. The molecular formula is C40H27N5. The zero-order chi connectivity index (χ0) is 30.0. The molecule has 0 N–H and O–H groups in total. The molecule has 0 aliphatic carbocycles. The Morgan fingerprint density at radius 3 is 1.42 bits per heavy atom.